The highest BCUT2D eigenvalue weighted by molar-refractivity contribution is 5.87. The van der Waals surface area contributed by atoms with Crippen molar-refractivity contribution >= 4 is 34.2 Å². The number of anilines is 4. The average Bonchev–Trinajstić information content (AvgIpc) is 3.52. The van der Waals surface area contributed by atoms with Gasteiger partial charge in [0.25, 0.3) is 0 Å². The Kier molecular flexibility index (Phi) is 6.57. The fraction of sp³-hybridized carbons (Fsp3) is 0.357. The molecule has 0 radical (unpaired) electrons. The number of aryl methyl sites for hydroxylation is 1. The zero-order chi connectivity index (χ0) is 28.0. The first-order chi connectivity index (χ1) is 19.2. The molecular weight excluding hydrogens is 521 g/mol. The zero-order valence-electron chi connectivity index (χ0n) is 22.3. The minimum atomic E-state index is -4.52. The molecule has 2 atom stereocenters. The minimum absolute atomic E-state index is 0.214. The summed E-state index contributed by atoms with van der Waals surface area (Å²) in [7, 11) is 3.38. The number of nitrogens with one attached hydrogen (secondary N) is 2. The summed E-state index contributed by atoms with van der Waals surface area (Å²) in [6.45, 7) is 4.19. The Balaban J connectivity index is 1.23. The molecule has 40 heavy (non-hydrogen) atoms. The van der Waals surface area contributed by atoms with Gasteiger partial charge in [0.2, 0.25) is 5.95 Å². The van der Waals surface area contributed by atoms with E-state index in [0.29, 0.717) is 47.1 Å². The molecule has 2 fully saturated rings. The summed E-state index contributed by atoms with van der Waals surface area (Å²) in [5.74, 6) is 1.03. The van der Waals surface area contributed by atoms with Crippen molar-refractivity contribution in [2.45, 2.75) is 38.1 Å². The zero-order valence-corrected chi connectivity index (χ0v) is 22.3. The molecule has 2 unspecified atom stereocenters. The smallest absolute Gasteiger partial charge is 0.420 e. The molecule has 2 aromatic carbocycles. The highest BCUT2D eigenvalue weighted by Gasteiger charge is 2.42. The van der Waals surface area contributed by atoms with Crippen molar-refractivity contribution in [3.8, 4) is 5.75 Å². The number of ether oxygens (including phenoxy) is 1. The van der Waals surface area contributed by atoms with Crippen molar-refractivity contribution in [2.75, 3.05) is 42.8 Å². The fourth-order valence-electron chi connectivity index (χ4n) is 5.47. The summed E-state index contributed by atoms with van der Waals surface area (Å²) in [5.41, 5.74) is 3.46. The van der Waals surface area contributed by atoms with E-state index in [2.05, 4.69) is 42.4 Å². The molecule has 2 aliphatic heterocycles. The van der Waals surface area contributed by atoms with Gasteiger partial charge in [-0.1, -0.05) is 12.1 Å². The summed E-state index contributed by atoms with van der Waals surface area (Å²) < 4.78 is 45.1. The number of hydrogen-bond acceptors (Lipinski definition) is 9. The molecule has 4 aromatic rings. The predicted octanol–water partition coefficient (Wildman–Crippen LogP) is 5.00. The van der Waals surface area contributed by atoms with Crippen molar-refractivity contribution in [1.82, 2.24) is 24.8 Å². The molecule has 2 bridgehead atoms. The number of piperazine rings is 1. The molecule has 2 aliphatic rings. The third-order valence-electron chi connectivity index (χ3n) is 7.69. The van der Waals surface area contributed by atoms with Crippen LogP contribution in [0.5, 0.6) is 5.75 Å². The summed E-state index contributed by atoms with van der Waals surface area (Å²) >= 11 is 0. The molecule has 2 saturated heterocycles. The van der Waals surface area contributed by atoms with Gasteiger partial charge in [0.1, 0.15) is 23.1 Å². The maximum Gasteiger partial charge on any atom is 0.420 e. The first-order valence-corrected chi connectivity index (χ1v) is 13.0. The maximum atomic E-state index is 13.4. The van der Waals surface area contributed by atoms with Gasteiger partial charge in [0.15, 0.2) is 5.82 Å². The van der Waals surface area contributed by atoms with E-state index in [-0.39, 0.29) is 5.75 Å². The van der Waals surface area contributed by atoms with Crippen molar-refractivity contribution in [2.24, 2.45) is 0 Å². The van der Waals surface area contributed by atoms with Crippen LogP contribution in [-0.4, -0.2) is 64.2 Å². The lowest BCUT2D eigenvalue weighted by Crippen LogP contribution is -2.45. The molecule has 12 heteroatoms. The van der Waals surface area contributed by atoms with Gasteiger partial charge in [-0.15, -0.1) is 0 Å². The number of alkyl halides is 3. The highest BCUT2D eigenvalue weighted by Crippen LogP contribution is 2.38. The number of aromatic nitrogens is 4. The van der Waals surface area contributed by atoms with Crippen molar-refractivity contribution in [1.29, 1.82) is 0 Å². The fourth-order valence-corrected chi connectivity index (χ4v) is 5.47. The molecule has 4 heterocycles. The number of fused-ring (bicyclic) bond motifs is 3. The predicted molar refractivity (Wildman–Crippen MR) is 147 cm³/mol. The molecule has 6 rings (SSSR count). The number of methoxy groups -OCH3 is 1. The minimum Gasteiger partial charge on any atom is -0.496 e. The van der Waals surface area contributed by atoms with E-state index in [4.69, 9.17) is 9.72 Å². The number of likely N-dealkylation sites (N-methyl/N-ethyl adjacent to an activating group) is 1. The normalized spacial score (nSPS) is 18.9. The first kappa shape index (κ1) is 26.1. The lowest BCUT2D eigenvalue weighted by atomic mass is 10.1. The topological polar surface area (TPSA) is 91.3 Å². The van der Waals surface area contributed by atoms with Crippen LogP contribution in [0.3, 0.4) is 0 Å². The van der Waals surface area contributed by atoms with Crippen LogP contribution < -0.4 is 20.3 Å². The van der Waals surface area contributed by atoms with Crippen LogP contribution in [0.1, 0.15) is 23.1 Å². The molecule has 0 spiro atoms. The standard InChI is InChI=1S/C28H29F3N8O/c1-16-4-5-17(11-32-18-6-7-24(40-3)21(9-18)28(29,30)31)8-22(16)36-26-25-23(34-15-35-26)12-33-27(37-25)39-14-19-10-20(39)13-38(19)2/h4-9,12,15,19-20,32H,10-11,13-14H2,1-3H3,(H,34,35,36). The molecule has 2 N–H and O–H groups in total. The van der Waals surface area contributed by atoms with E-state index in [1.165, 1.54) is 19.5 Å². The number of benzene rings is 2. The number of likely N-dealkylation sites (tertiary alicyclic amines) is 1. The van der Waals surface area contributed by atoms with Gasteiger partial charge in [0.05, 0.1) is 18.9 Å². The quantitative estimate of drug-likeness (QED) is 0.330. The molecule has 2 aromatic heterocycles. The number of nitrogens with zero attached hydrogens (tertiary/aromatic N) is 6. The Bertz CT molecular complexity index is 1560. The molecule has 0 aliphatic carbocycles. The van der Waals surface area contributed by atoms with E-state index in [0.717, 1.165) is 42.4 Å². The third kappa shape index (κ3) is 4.94. The lowest BCUT2D eigenvalue weighted by molar-refractivity contribution is -0.138. The van der Waals surface area contributed by atoms with Gasteiger partial charge in [-0.05, 0) is 55.8 Å². The van der Waals surface area contributed by atoms with Gasteiger partial charge < -0.3 is 20.3 Å². The molecular formula is C28H29F3N8O. The third-order valence-corrected chi connectivity index (χ3v) is 7.69. The largest absolute Gasteiger partial charge is 0.496 e. The first-order valence-electron chi connectivity index (χ1n) is 13.0. The summed E-state index contributed by atoms with van der Waals surface area (Å²) in [5, 5.41) is 6.48. The lowest BCUT2D eigenvalue weighted by Gasteiger charge is -2.31. The molecule has 0 saturated carbocycles. The van der Waals surface area contributed by atoms with Crippen LogP contribution in [0.2, 0.25) is 0 Å². The molecule has 0 amide bonds. The number of rotatable bonds is 7. The average molecular weight is 551 g/mol. The van der Waals surface area contributed by atoms with Gasteiger partial charge in [-0.3, -0.25) is 4.90 Å². The van der Waals surface area contributed by atoms with Gasteiger partial charge in [0, 0.05) is 43.1 Å². The molecule has 9 nitrogen and oxygen atoms in total. The van der Waals surface area contributed by atoms with Crippen LogP contribution in [0.25, 0.3) is 11.0 Å². The van der Waals surface area contributed by atoms with Crippen LogP contribution in [0.4, 0.5) is 36.3 Å². The highest BCUT2D eigenvalue weighted by atomic mass is 19.4. The Labute approximate surface area is 229 Å². The van der Waals surface area contributed by atoms with Crippen LogP contribution in [0, 0.1) is 6.92 Å². The number of halogens is 3. The summed E-state index contributed by atoms with van der Waals surface area (Å²) in [4.78, 5) is 22.9. The second-order valence-corrected chi connectivity index (χ2v) is 10.3. The second kappa shape index (κ2) is 10.1. The van der Waals surface area contributed by atoms with E-state index >= 15 is 0 Å². The van der Waals surface area contributed by atoms with E-state index in [9.17, 15) is 13.2 Å². The SMILES string of the molecule is COc1ccc(NCc2ccc(C)c(Nc3ncnc4cnc(N5CC6CC5CN6C)nc34)c2)cc1C(F)(F)F. The van der Waals surface area contributed by atoms with Crippen LogP contribution >= 0.6 is 0 Å². The van der Waals surface area contributed by atoms with Crippen molar-refractivity contribution in [3.63, 3.8) is 0 Å². The van der Waals surface area contributed by atoms with Crippen LogP contribution in [0.15, 0.2) is 48.9 Å². The van der Waals surface area contributed by atoms with Crippen LogP contribution in [-0.2, 0) is 12.7 Å². The number of hydrogen-bond donors (Lipinski definition) is 2. The van der Waals surface area contributed by atoms with Gasteiger partial charge in [-0.25, -0.2) is 19.9 Å². The molecule has 208 valence electrons. The van der Waals surface area contributed by atoms with E-state index in [1.54, 1.807) is 12.3 Å². The van der Waals surface area contributed by atoms with E-state index in [1.807, 2.05) is 25.1 Å². The maximum absolute atomic E-state index is 13.4. The Morgan fingerprint density at radius 1 is 1.05 bits per heavy atom. The monoisotopic (exact) mass is 550 g/mol. The summed E-state index contributed by atoms with van der Waals surface area (Å²) in [6.07, 6.45) is -0.193. The van der Waals surface area contributed by atoms with E-state index < -0.39 is 11.7 Å². The Morgan fingerprint density at radius 3 is 2.62 bits per heavy atom. The van der Waals surface area contributed by atoms with Gasteiger partial charge in [-0.2, -0.15) is 13.2 Å². The Hall–Kier alpha value is -4.19. The van der Waals surface area contributed by atoms with Crippen molar-refractivity contribution in [3.05, 3.63) is 65.6 Å². The van der Waals surface area contributed by atoms with Gasteiger partial charge >= 0.3 is 6.18 Å². The second-order valence-electron chi connectivity index (χ2n) is 10.3. The van der Waals surface area contributed by atoms with Crippen molar-refractivity contribution < 1.29 is 17.9 Å². The Morgan fingerprint density at radius 2 is 1.90 bits per heavy atom. The summed E-state index contributed by atoms with van der Waals surface area (Å²) in [6, 6.07) is 10.7.